The van der Waals surface area contributed by atoms with Gasteiger partial charge in [-0.2, -0.15) is 5.10 Å². The SMILES string of the molecule is O=Cc1cccc(NC(=O)c2ccn[nH]2)c1. The number of aldehydes is 1. The zero-order chi connectivity index (χ0) is 11.4. The van der Waals surface area contributed by atoms with E-state index in [9.17, 15) is 9.59 Å². The van der Waals surface area contributed by atoms with Gasteiger partial charge >= 0.3 is 0 Å². The molecule has 2 N–H and O–H groups in total. The molecule has 0 aliphatic rings. The highest BCUT2D eigenvalue weighted by molar-refractivity contribution is 6.03. The van der Waals surface area contributed by atoms with Crippen molar-refractivity contribution in [2.24, 2.45) is 0 Å². The zero-order valence-corrected chi connectivity index (χ0v) is 8.31. The molecule has 1 heterocycles. The van der Waals surface area contributed by atoms with E-state index in [1.165, 1.54) is 6.20 Å². The Morgan fingerprint density at radius 1 is 1.38 bits per heavy atom. The molecule has 0 saturated carbocycles. The molecule has 0 unspecified atom stereocenters. The van der Waals surface area contributed by atoms with Gasteiger partial charge in [0.2, 0.25) is 0 Å². The van der Waals surface area contributed by atoms with Crippen LogP contribution in [0.15, 0.2) is 36.5 Å². The molecule has 5 heteroatoms. The summed E-state index contributed by atoms with van der Waals surface area (Å²) in [5.74, 6) is -0.291. The number of carbonyl (C=O) groups is 2. The summed E-state index contributed by atoms with van der Waals surface area (Å²) in [6.07, 6.45) is 2.22. The molecule has 0 aliphatic heterocycles. The van der Waals surface area contributed by atoms with Gasteiger partial charge < -0.3 is 5.32 Å². The Bertz CT molecular complexity index is 506. The molecule has 2 rings (SSSR count). The molecule has 0 aliphatic carbocycles. The molecule has 0 saturated heterocycles. The lowest BCUT2D eigenvalue weighted by Gasteiger charge is -2.03. The van der Waals surface area contributed by atoms with E-state index in [2.05, 4.69) is 15.5 Å². The van der Waals surface area contributed by atoms with Gasteiger partial charge in [-0.25, -0.2) is 0 Å². The maximum absolute atomic E-state index is 11.6. The Morgan fingerprint density at radius 3 is 2.94 bits per heavy atom. The van der Waals surface area contributed by atoms with Gasteiger partial charge in [0, 0.05) is 17.4 Å². The Balaban J connectivity index is 2.15. The van der Waals surface area contributed by atoms with E-state index in [1.54, 1.807) is 30.3 Å². The van der Waals surface area contributed by atoms with Crippen LogP contribution in [0.25, 0.3) is 0 Å². The number of hydrogen-bond acceptors (Lipinski definition) is 3. The lowest BCUT2D eigenvalue weighted by Crippen LogP contribution is -2.12. The number of H-pyrrole nitrogens is 1. The summed E-state index contributed by atoms with van der Waals surface area (Å²) in [7, 11) is 0. The van der Waals surface area contributed by atoms with E-state index in [-0.39, 0.29) is 5.91 Å². The molecule has 0 spiro atoms. The second-order valence-corrected chi connectivity index (χ2v) is 3.17. The van der Waals surface area contributed by atoms with Crippen LogP contribution in [0.5, 0.6) is 0 Å². The Kier molecular flexibility index (Phi) is 2.77. The second kappa shape index (κ2) is 4.39. The standard InChI is InChI=1S/C11H9N3O2/c15-7-8-2-1-3-9(6-8)13-11(16)10-4-5-12-14-10/h1-7H,(H,12,14)(H,13,16). The lowest BCUT2D eigenvalue weighted by molar-refractivity contribution is 0.102. The van der Waals surface area contributed by atoms with Crippen molar-refractivity contribution in [1.82, 2.24) is 10.2 Å². The minimum atomic E-state index is -0.291. The summed E-state index contributed by atoms with van der Waals surface area (Å²) in [5, 5.41) is 8.88. The van der Waals surface area contributed by atoms with Crippen LogP contribution in [-0.4, -0.2) is 22.4 Å². The van der Waals surface area contributed by atoms with Crippen LogP contribution < -0.4 is 5.32 Å². The largest absolute Gasteiger partial charge is 0.321 e. The van der Waals surface area contributed by atoms with Gasteiger partial charge in [0.1, 0.15) is 12.0 Å². The molecular weight excluding hydrogens is 206 g/mol. The van der Waals surface area contributed by atoms with Crippen molar-refractivity contribution in [3.63, 3.8) is 0 Å². The number of nitrogens with zero attached hydrogens (tertiary/aromatic N) is 1. The molecule has 0 fully saturated rings. The molecule has 80 valence electrons. The fourth-order valence-electron chi connectivity index (χ4n) is 1.27. The number of aromatic nitrogens is 2. The average molecular weight is 215 g/mol. The van der Waals surface area contributed by atoms with E-state index in [0.717, 1.165) is 6.29 Å². The molecule has 16 heavy (non-hydrogen) atoms. The van der Waals surface area contributed by atoms with Crippen LogP contribution in [0.1, 0.15) is 20.8 Å². The van der Waals surface area contributed by atoms with Gasteiger partial charge in [-0.15, -0.1) is 0 Å². The maximum atomic E-state index is 11.6. The van der Waals surface area contributed by atoms with Crippen molar-refractivity contribution < 1.29 is 9.59 Å². The monoisotopic (exact) mass is 215 g/mol. The summed E-state index contributed by atoms with van der Waals surface area (Å²) in [6, 6.07) is 8.24. The molecular formula is C11H9N3O2. The Hall–Kier alpha value is -2.43. The van der Waals surface area contributed by atoms with Crippen LogP contribution in [0.3, 0.4) is 0 Å². The molecule has 2 aromatic rings. The van der Waals surface area contributed by atoms with E-state index in [0.29, 0.717) is 16.9 Å². The summed E-state index contributed by atoms with van der Waals surface area (Å²) in [4.78, 5) is 22.1. The third-order valence-corrected chi connectivity index (χ3v) is 2.03. The van der Waals surface area contributed by atoms with Gasteiger partial charge in [0.15, 0.2) is 0 Å². The summed E-state index contributed by atoms with van der Waals surface area (Å²) in [6.45, 7) is 0. The van der Waals surface area contributed by atoms with Crippen LogP contribution in [0, 0.1) is 0 Å². The molecule has 1 aromatic carbocycles. The number of rotatable bonds is 3. The quantitative estimate of drug-likeness (QED) is 0.761. The first kappa shape index (κ1) is 10.1. The number of nitrogens with one attached hydrogen (secondary N) is 2. The van der Waals surface area contributed by atoms with Gasteiger partial charge in [-0.05, 0) is 18.2 Å². The van der Waals surface area contributed by atoms with Crippen molar-refractivity contribution in [3.05, 3.63) is 47.8 Å². The fourth-order valence-corrected chi connectivity index (χ4v) is 1.27. The van der Waals surface area contributed by atoms with Crippen molar-refractivity contribution in [3.8, 4) is 0 Å². The molecule has 0 atom stereocenters. The molecule has 5 nitrogen and oxygen atoms in total. The second-order valence-electron chi connectivity index (χ2n) is 3.17. The average Bonchev–Trinajstić information content (AvgIpc) is 2.83. The van der Waals surface area contributed by atoms with Gasteiger partial charge in [0.25, 0.3) is 5.91 Å². The molecule has 0 bridgehead atoms. The van der Waals surface area contributed by atoms with Gasteiger partial charge in [0.05, 0.1) is 0 Å². The van der Waals surface area contributed by atoms with Crippen molar-refractivity contribution in [2.45, 2.75) is 0 Å². The Labute approximate surface area is 91.5 Å². The highest BCUT2D eigenvalue weighted by atomic mass is 16.2. The van der Waals surface area contributed by atoms with E-state index in [1.807, 2.05) is 0 Å². The number of amides is 1. The fraction of sp³-hybridized carbons (Fsp3) is 0. The van der Waals surface area contributed by atoms with Gasteiger partial charge in [-0.3, -0.25) is 14.7 Å². The first-order valence-electron chi connectivity index (χ1n) is 4.65. The molecule has 1 aromatic heterocycles. The number of hydrogen-bond donors (Lipinski definition) is 2. The third-order valence-electron chi connectivity index (χ3n) is 2.03. The van der Waals surface area contributed by atoms with Gasteiger partial charge in [-0.1, -0.05) is 12.1 Å². The minimum Gasteiger partial charge on any atom is -0.321 e. The van der Waals surface area contributed by atoms with Crippen LogP contribution in [0.2, 0.25) is 0 Å². The minimum absolute atomic E-state index is 0.291. The van der Waals surface area contributed by atoms with Crippen molar-refractivity contribution in [2.75, 3.05) is 5.32 Å². The number of aromatic amines is 1. The van der Waals surface area contributed by atoms with Crippen LogP contribution in [-0.2, 0) is 0 Å². The lowest BCUT2D eigenvalue weighted by atomic mass is 10.2. The first-order valence-corrected chi connectivity index (χ1v) is 4.65. The highest BCUT2D eigenvalue weighted by Crippen LogP contribution is 2.10. The predicted octanol–water partition coefficient (Wildman–Crippen LogP) is 1.47. The van der Waals surface area contributed by atoms with E-state index >= 15 is 0 Å². The predicted molar refractivity (Wildman–Crippen MR) is 58.4 cm³/mol. The van der Waals surface area contributed by atoms with Crippen molar-refractivity contribution >= 4 is 17.9 Å². The van der Waals surface area contributed by atoms with Crippen LogP contribution >= 0.6 is 0 Å². The normalized spacial score (nSPS) is 9.75. The number of anilines is 1. The smallest absolute Gasteiger partial charge is 0.273 e. The maximum Gasteiger partial charge on any atom is 0.273 e. The van der Waals surface area contributed by atoms with Crippen LogP contribution in [0.4, 0.5) is 5.69 Å². The third kappa shape index (κ3) is 2.14. The summed E-state index contributed by atoms with van der Waals surface area (Å²) < 4.78 is 0. The number of carbonyl (C=O) groups excluding carboxylic acids is 2. The van der Waals surface area contributed by atoms with Crippen molar-refractivity contribution in [1.29, 1.82) is 0 Å². The zero-order valence-electron chi connectivity index (χ0n) is 8.31. The Morgan fingerprint density at radius 2 is 2.25 bits per heavy atom. The first-order chi connectivity index (χ1) is 7.79. The van der Waals surface area contributed by atoms with E-state index in [4.69, 9.17) is 0 Å². The number of benzene rings is 1. The topological polar surface area (TPSA) is 74.8 Å². The molecule has 0 radical (unpaired) electrons. The molecule has 1 amide bonds. The van der Waals surface area contributed by atoms with E-state index < -0.39 is 0 Å². The summed E-state index contributed by atoms with van der Waals surface area (Å²) >= 11 is 0. The highest BCUT2D eigenvalue weighted by Gasteiger charge is 2.06. The summed E-state index contributed by atoms with van der Waals surface area (Å²) in [5.41, 5.74) is 1.46.